The first-order chi connectivity index (χ1) is 18.8. The van der Waals surface area contributed by atoms with Crippen molar-refractivity contribution in [2.45, 2.75) is 0 Å². The van der Waals surface area contributed by atoms with Crippen LogP contribution < -0.4 is 0 Å². The zero-order valence-corrected chi connectivity index (χ0v) is 21.2. The number of benzene rings is 4. The van der Waals surface area contributed by atoms with Crippen molar-refractivity contribution in [3.63, 3.8) is 0 Å². The van der Waals surface area contributed by atoms with Gasteiger partial charge in [0.05, 0.1) is 26.9 Å². The summed E-state index contributed by atoms with van der Waals surface area (Å²) in [5.41, 5.74) is 8.05. The first-order valence-corrected chi connectivity index (χ1v) is 13.5. The summed E-state index contributed by atoms with van der Waals surface area (Å²) in [6.07, 6.45) is 3.71. The topological polar surface area (TPSA) is 30.7 Å². The van der Waals surface area contributed by atoms with Crippen molar-refractivity contribution < 1.29 is 0 Å². The largest absolute Gasteiger partial charge is 0.308 e. The van der Waals surface area contributed by atoms with E-state index in [0.717, 1.165) is 27.5 Å². The third kappa shape index (κ3) is 3.21. The molecule has 0 aliphatic rings. The molecule has 0 fully saturated rings. The van der Waals surface area contributed by atoms with E-state index in [0.29, 0.717) is 0 Å². The second-order valence-electron chi connectivity index (χ2n) is 9.49. The lowest BCUT2D eigenvalue weighted by atomic mass is 10.0. The summed E-state index contributed by atoms with van der Waals surface area (Å²) in [5.74, 6) is 0. The van der Waals surface area contributed by atoms with Crippen molar-refractivity contribution in [2.24, 2.45) is 0 Å². The second kappa shape index (κ2) is 8.37. The molecule has 4 heterocycles. The smallest absolute Gasteiger partial charge is 0.0734 e. The van der Waals surface area contributed by atoms with Crippen molar-refractivity contribution in [3.8, 4) is 26.6 Å². The fraction of sp³-hybridized carbons (Fsp3) is 0. The average Bonchev–Trinajstić information content (AvgIpc) is 3.53. The van der Waals surface area contributed by atoms with Crippen LogP contribution in [-0.4, -0.2) is 14.5 Å². The molecule has 0 atom stereocenters. The van der Waals surface area contributed by atoms with Gasteiger partial charge >= 0.3 is 0 Å². The highest BCUT2D eigenvalue weighted by atomic mass is 32.1. The average molecular weight is 504 g/mol. The summed E-state index contributed by atoms with van der Waals surface area (Å²) in [6, 6.07) is 41.0. The molecule has 0 unspecified atom stereocenters. The van der Waals surface area contributed by atoms with E-state index in [9.17, 15) is 0 Å². The Bertz CT molecular complexity index is 2140. The van der Waals surface area contributed by atoms with Crippen LogP contribution in [0.4, 0.5) is 0 Å². The fourth-order valence-electron chi connectivity index (χ4n) is 5.56. The highest BCUT2D eigenvalue weighted by Gasteiger charge is 2.23. The zero-order valence-electron chi connectivity index (χ0n) is 20.4. The molecule has 4 heteroatoms. The molecule has 0 bridgehead atoms. The Balaban J connectivity index is 1.52. The van der Waals surface area contributed by atoms with Gasteiger partial charge in [0.15, 0.2) is 0 Å². The molecule has 0 spiro atoms. The zero-order chi connectivity index (χ0) is 25.1. The van der Waals surface area contributed by atoms with E-state index in [1.165, 1.54) is 42.7 Å². The van der Waals surface area contributed by atoms with Gasteiger partial charge in [0.2, 0.25) is 0 Å². The summed E-state index contributed by atoms with van der Waals surface area (Å²) >= 11 is 1.86. The lowest BCUT2D eigenvalue weighted by Crippen LogP contribution is -1.93. The number of fused-ring (bicyclic) bond motifs is 5. The summed E-state index contributed by atoms with van der Waals surface area (Å²) < 4.78 is 2.43. The van der Waals surface area contributed by atoms with Crippen molar-refractivity contribution in [3.05, 3.63) is 128 Å². The predicted octanol–water partition coefficient (Wildman–Crippen LogP) is 9.28. The second-order valence-corrected chi connectivity index (χ2v) is 10.5. The highest BCUT2D eigenvalue weighted by Crippen LogP contribution is 2.49. The molecule has 0 saturated heterocycles. The molecular weight excluding hydrogens is 482 g/mol. The van der Waals surface area contributed by atoms with E-state index in [4.69, 9.17) is 0 Å². The lowest BCUT2D eigenvalue weighted by Gasteiger charge is -2.09. The molecule has 0 N–H and O–H groups in total. The van der Waals surface area contributed by atoms with Gasteiger partial charge in [0, 0.05) is 44.5 Å². The maximum absolute atomic E-state index is 4.55. The summed E-state index contributed by atoms with van der Waals surface area (Å²) in [5, 5.41) is 4.85. The monoisotopic (exact) mass is 503 g/mol. The molecule has 0 radical (unpaired) electrons. The third-order valence-corrected chi connectivity index (χ3v) is 8.54. The number of aromatic nitrogens is 3. The van der Waals surface area contributed by atoms with Crippen LogP contribution in [0.5, 0.6) is 0 Å². The minimum Gasteiger partial charge on any atom is -0.308 e. The van der Waals surface area contributed by atoms with Crippen LogP contribution in [-0.2, 0) is 0 Å². The molecule has 178 valence electrons. The molecule has 8 aromatic rings. The summed E-state index contributed by atoms with van der Waals surface area (Å²) in [4.78, 5) is 11.6. The van der Waals surface area contributed by atoms with Crippen molar-refractivity contribution in [1.82, 2.24) is 14.5 Å². The Labute approximate surface area is 223 Å². The molecule has 4 aromatic heterocycles. The molecule has 0 saturated carbocycles. The quantitative estimate of drug-likeness (QED) is 0.240. The summed E-state index contributed by atoms with van der Waals surface area (Å²) in [7, 11) is 0. The Hall–Kier alpha value is -4.80. The van der Waals surface area contributed by atoms with Gasteiger partial charge in [-0.2, -0.15) is 0 Å². The van der Waals surface area contributed by atoms with E-state index in [-0.39, 0.29) is 0 Å². The number of thiophene rings is 1. The van der Waals surface area contributed by atoms with Gasteiger partial charge in [-0.3, -0.25) is 9.97 Å². The van der Waals surface area contributed by atoms with Crippen molar-refractivity contribution >= 4 is 54.9 Å². The van der Waals surface area contributed by atoms with Gasteiger partial charge in [-0.15, -0.1) is 11.3 Å². The van der Waals surface area contributed by atoms with E-state index in [1.54, 1.807) is 0 Å². The standard InChI is InChI=1S/C34H21N3S/c1-2-10-26(11-3-1)37-30-13-5-4-12-27(30)31-32(37)34(25-15-17-29-23(21-25)9-7-19-36-29)38-33(31)24-14-16-28-22(20-24)8-6-18-35-28/h1-21H. The SMILES string of the molecule is c1ccc(-n2c3ccccc3c3c(-c4ccc5ncccc5c4)sc(-c4ccc5ncccc5c4)c32)cc1. The minimum atomic E-state index is 1.01. The number of nitrogens with zero attached hydrogens (tertiary/aromatic N) is 3. The summed E-state index contributed by atoms with van der Waals surface area (Å²) in [6.45, 7) is 0. The van der Waals surface area contributed by atoms with E-state index < -0.39 is 0 Å². The van der Waals surface area contributed by atoms with Crippen LogP contribution in [0.2, 0.25) is 0 Å². The van der Waals surface area contributed by atoms with Gasteiger partial charge in [-0.05, 0) is 65.7 Å². The van der Waals surface area contributed by atoms with Gasteiger partial charge in [0.1, 0.15) is 0 Å². The predicted molar refractivity (Wildman–Crippen MR) is 160 cm³/mol. The van der Waals surface area contributed by atoms with E-state index in [2.05, 4.69) is 118 Å². The maximum Gasteiger partial charge on any atom is 0.0734 e. The molecular formula is C34H21N3S. The first-order valence-electron chi connectivity index (χ1n) is 12.7. The van der Waals surface area contributed by atoms with Crippen molar-refractivity contribution in [1.29, 1.82) is 0 Å². The Morgan fingerprint density at radius 2 is 1.18 bits per heavy atom. The van der Waals surface area contributed by atoms with Crippen molar-refractivity contribution in [2.75, 3.05) is 0 Å². The number of hydrogen-bond donors (Lipinski definition) is 0. The lowest BCUT2D eigenvalue weighted by molar-refractivity contribution is 1.18. The Morgan fingerprint density at radius 1 is 0.553 bits per heavy atom. The van der Waals surface area contributed by atoms with Gasteiger partial charge in [0.25, 0.3) is 0 Å². The number of para-hydroxylation sites is 2. The molecule has 8 rings (SSSR count). The normalized spacial score (nSPS) is 11.7. The maximum atomic E-state index is 4.55. The molecule has 0 aliphatic heterocycles. The van der Waals surface area contributed by atoms with Gasteiger partial charge < -0.3 is 4.57 Å². The minimum absolute atomic E-state index is 1.01. The van der Waals surface area contributed by atoms with E-state index in [1.807, 2.05) is 35.9 Å². The van der Waals surface area contributed by atoms with Crippen LogP contribution in [0, 0.1) is 0 Å². The number of hydrogen-bond acceptors (Lipinski definition) is 3. The number of rotatable bonds is 3. The molecule has 3 nitrogen and oxygen atoms in total. The molecule has 0 amide bonds. The molecule has 0 aliphatic carbocycles. The molecule has 38 heavy (non-hydrogen) atoms. The van der Waals surface area contributed by atoms with Crippen LogP contribution >= 0.6 is 11.3 Å². The third-order valence-electron chi connectivity index (χ3n) is 7.27. The van der Waals surface area contributed by atoms with E-state index >= 15 is 0 Å². The van der Waals surface area contributed by atoms with Crippen LogP contribution in [0.3, 0.4) is 0 Å². The van der Waals surface area contributed by atoms with Crippen LogP contribution in [0.25, 0.3) is 70.2 Å². The van der Waals surface area contributed by atoms with Crippen LogP contribution in [0.15, 0.2) is 128 Å². The van der Waals surface area contributed by atoms with Gasteiger partial charge in [-0.25, -0.2) is 0 Å². The Kier molecular flexibility index (Phi) is 4.69. The van der Waals surface area contributed by atoms with Gasteiger partial charge in [-0.1, -0.05) is 60.7 Å². The van der Waals surface area contributed by atoms with Crippen LogP contribution in [0.1, 0.15) is 0 Å². The fourth-order valence-corrected chi connectivity index (χ4v) is 6.86. The Morgan fingerprint density at radius 3 is 1.89 bits per heavy atom. The molecule has 4 aromatic carbocycles. The number of pyridine rings is 2. The first kappa shape index (κ1) is 21.3. The highest BCUT2D eigenvalue weighted by molar-refractivity contribution is 7.21.